The fourth-order valence-corrected chi connectivity index (χ4v) is 2.04. The fourth-order valence-electron chi connectivity index (χ4n) is 2.04. The summed E-state index contributed by atoms with van der Waals surface area (Å²) in [5.74, 6) is -0.177. The molecule has 0 atom stereocenters. The maximum Gasteiger partial charge on any atom is 0.303 e. The van der Waals surface area contributed by atoms with Crippen molar-refractivity contribution >= 4 is 5.97 Å². The molecule has 0 aliphatic carbocycles. The molecular weight excluding hydrogens is 304 g/mol. The zero-order valence-electron chi connectivity index (χ0n) is 14.8. The third kappa shape index (κ3) is 16.6. The summed E-state index contributed by atoms with van der Waals surface area (Å²) in [7, 11) is 0. The van der Waals surface area contributed by atoms with E-state index in [-0.39, 0.29) is 6.42 Å². The van der Waals surface area contributed by atoms with E-state index in [2.05, 4.69) is 17.9 Å². The first-order chi connectivity index (χ1) is 11.7. The van der Waals surface area contributed by atoms with Gasteiger partial charge in [-0.1, -0.05) is 56.2 Å². The second kappa shape index (κ2) is 17.5. The summed E-state index contributed by atoms with van der Waals surface area (Å²) in [5, 5.41) is 17.4. The maximum absolute atomic E-state index is 10.3. The Labute approximate surface area is 146 Å². The quantitative estimate of drug-likeness (QED) is 0.126. The normalized spacial score (nSPS) is 12.7. The molecule has 0 aliphatic rings. The van der Waals surface area contributed by atoms with Gasteiger partial charge in [-0.2, -0.15) is 0 Å². The van der Waals surface area contributed by atoms with Crippen molar-refractivity contribution in [3.63, 3.8) is 0 Å². The number of allylic oxidation sites excluding steroid dienone is 7. The Kier molecular flexibility index (Phi) is 16.2. The largest absolute Gasteiger partial charge is 0.481 e. The van der Waals surface area contributed by atoms with Crippen molar-refractivity contribution in [3.8, 4) is 0 Å². The third-order valence-electron chi connectivity index (χ3n) is 3.43. The second-order valence-corrected chi connectivity index (χ2v) is 5.63. The summed E-state index contributed by atoms with van der Waals surface area (Å²) >= 11 is 0. The average molecular weight is 336 g/mol. The Balaban J connectivity index is 3.79. The van der Waals surface area contributed by atoms with Crippen molar-refractivity contribution in [2.24, 2.45) is 0 Å². The van der Waals surface area contributed by atoms with Gasteiger partial charge in [-0.05, 0) is 44.6 Å². The van der Waals surface area contributed by atoms with E-state index in [1.807, 2.05) is 36.5 Å². The maximum atomic E-state index is 10.3. The summed E-state index contributed by atoms with van der Waals surface area (Å²) in [6.45, 7) is 2.19. The van der Waals surface area contributed by atoms with Crippen LogP contribution in [-0.4, -0.2) is 16.3 Å². The van der Waals surface area contributed by atoms with Crippen LogP contribution in [0.4, 0.5) is 0 Å². The Morgan fingerprint density at radius 2 is 1.58 bits per heavy atom. The molecule has 2 N–H and O–H groups in total. The highest BCUT2D eigenvalue weighted by molar-refractivity contribution is 5.66. The van der Waals surface area contributed by atoms with Gasteiger partial charge in [0.25, 0.3) is 0 Å². The predicted molar refractivity (Wildman–Crippen MR) is 98.7 cm³/mol. The van der Waals surface area contributed by atoms with Crippen LogP contribution in [-0.2, 0) is 9.68 Å². The molecule has 0 aliphatic heterocycles. The Morgan fingerprint density at radius 3 is 2.29 bits per heavy atom. The fraction of sp³-hybridized carbons (Fsp3) is 0.550. The summed E-state index contributed by atoms with van der Waals surface area (Å²) in [6, 6.07) is 0. The van der Waals surface area contributed by atoms with E-state index in [0.29, 0.717) is 25.0 Å². The standard InChI is InChI=1S/C20H32O4/c1-2-3-4-5-10-13-16-19(24-23)17-14-11-8-6-7-9-12-15-18-20(21)22/h7-11,13,17,23H,2-6,12,14-16,18H2,1H3,(H,21,22)/b9-7-,11-8-,13-10-,19-17+. The number of aliphatic carboxylic acids is 1. The lowest BCUT2D eigenvalue weighted by atomic mass is 10.2. The van der Waals surface area contributed by atoms with Gasteiger partial charge in [0.05, 0.1) is 0 Å². The molecule has 0 fully saturated rings. The van der Waals surface area contributed by atoms with Crippen LogP contribution in [0.3, 0.4) is 0 Å². The first-order valence-corrected chi connectivity index (χ1v) is 8.88. The Bertz CT molecular complexity index is 419. The van der Waals surface area contributed by atoms with E-state index in [1.54, 1.807) is 0 Å². The van der Waals surface area contributed by atoms with Crippen molar-refractivity contribution in [1.29, 1.82) is 0 Å². The molecule has 0 aromatic carbocycles. The van der Waals surface area contributed by atoms with E-state index in [4.69, 9.17) is 10.4 Å². The van der Waals surface area contributed by atoms with E-state index >= 15 is 0 Å². The number of carboxylic acids is 1. The molecule has 136 valence electrons. The SMILES string of the molecule is CCCCC/C=C\C/C(=C\C/C=C\C/C=C\CCCC(=O)O)OO. The molecule has 0 unspecified atom stereocenters. The van der Waals surface area contributed by atoms with Gasteiger partial charge in [-0.15, -0.1) is 0 Å². The van der Waals surface area contributed by atoms with Crippen molar-refractivity contribution in [3.05, 3.63) is 48.3 Å². The highest BCUT2D eigenvalue weighted by atomic mass is 17.1. The van der Waals surface area contributed by atoms with Gasteiger partial charge >= 0.3 is 5.97 Å². The second-order valence-electron chi connectivity index (χ2n) is 5.63. The molecule has 0 spiro atoms. The van der Waals surface area contributed by atoms with Gasteiger partial charge in [0, 0.05) is 12.8 Å². The molecule has 24 heavy (non-hydrogen) atoms. The molecule has 0 aromatic rings. The number of rotatable bonds is 15. The lowest BCUT2D eigenvalue weighted by Gasteiger charge is -1.99. The number of unbranched alkanes of at least 4 members (excludes halogenated alkanes) is 4. The van der Waals surface area contributed by atoms with Gasteiger partial charge in [-0.3, -0.25) is 4.79 Å². The van der Waals surface area contributed by atoms with E-state index in [9.17, 15) is 4.79 Å². The highest BCUT2D eigenvalue weighted by Crippen LogP contribution is 2.07. The van der Waals surface area contributed by atoms with Crippen LogP contribution in [0.1, 0.15) is 71.1 Å². The minimum absolute atomic E-state index is 0.224. The summed E-state index contributed by atoms with van der Waals surface area (Å²) in [4.78, 5) is 14.7. The average Bonchev–Trinajstić information content (AvgIpc) is 2.57. The minimum atomic E-state index is -0.743. The Morgan fingerprint density at radius 1 is 0.917 bits per heavy atom. The minimum Gasteiger partial charge on any atom is -0.481 e. The number of hydrogen-bond donors (Lipinski definition) is 2. The van der Waals surface area contributed by atoms with Gasteiger partial charge in [0.1, 0.15) is 5.76 Å². The van der Waals surface area contributed by atoms with Crippen LogP contribution in [0.5, 0.6) is 0 Å². The molecular formula is C20H32O4. The van der Waals surface area contributed by atoms with Crippen molar-refractivity contribution < 1.29 is 20.0 Å². The topological polar surface area (TPSA) is 66.8 Å². The molecule has 0 amide bonds. The zero-order valence-corrected chi connectivity index (χ0v) is 14.8. The third-order valence-corrected chi connectivity index (χ3v) is 3.43. The van der Waals surface area contributed by atoms with E-state index in [0.717, 1.165) is 19.3 Å². The molecule has 0 radical (unpaired) electrons. The monoisotopic (exact) mass is 336 g/mol. The van der Waals surface area contributed by atoms with Gasteiger partial charge in [-0.25, -0.2) is 5.26 Å². The number of carbonyl (C=O) groups is 1. The van der Waals surface area contributed by atoms with Gasteiger partial charge in [0.2, 0.25) is 0 Å². The smallest absolute Gasteiger partial charge is 0.303 e. The van der Waals surface area contributed by atoms with E-state index < -0.39 is 5.97 Å². The van der Waals surface area contributed by atoms with Crippen molar-refractivity contribution in [1.82, 2.24) is 0 Å². The highest BCUT2D eigenvalue weighted by Gasteiger charge is 1.94. The molecule has 0 bridgehead atoms. The van der Waals surface area contributed by atoms with Crippen LogP contribution in [0, 0.1) is 0 Å². The number of hydrogen-bond acceptors (Lipinski definition) is 3. The zero-order chi connectivity index (χ0) is 17.9. The summed E-state index contributed by atoms with van der Waals surface area (Å²) < 4.78 is 0. The van der Waals surface area contributed by atoms with Gasteiger partial charge in [0.15, 0.2) is 0 Å². The van der Waals surface area contributed by atoms with Crippen LogP contribution in [0.2, 0.25) is 0 Å². The van der Waals surface area contributed by atoms with Crippen molar-refractivity contribution in [2.75, 3.05) is 0 Å². The lowest BCUT2D eigenvalue weighted by Crippen LogP contribution is -1.92. The van der Waals surface area contributed by atoms with Gasteiger partial charge < -0.3 is 9.99 Å². The first kappa shape index (κ1) is 22.2. The molecule has 4 nitrogen and oxygen atoms in total. The van der Waals surface area contributed by atoms with Crippen LogP contribution < -0.4 is 0 Å². The summed E-state index contributed by atoms with van der Waals surface area (Å²) in [6.07, 6.45) is 22.7. The summed E-state index contributed by atoms with van der Waals surface area (Å²) in [5.41, 5.74) is 0. The predicted octanol–water partition coefficient (Wildman–Crippen LogP) is 6.03. The van der Waals surface area contributed by atoms with Crippen LogP contribution in [0.25, 0.3) is 0 Å². The van der Waals surface area contributed by atoms with E-state index in [1.165, 1.54) is 19.3 Å². The van der Waals surface area contributed by atoms with Crippen LogP contribution in [0.15, 0.2) is 48.3 Å². The lowest BCUT2D eigenvalue weighted by molar-refractivity contribution is -0.204. The first-order valence-electron chi connectivity index (χ1n) is 8.88. The number of carboxylic acid groups (broad SMARTS) is 1. The Hall–Kier alpha value is -1.81. The molecule has 0 rings (SSSR count). The van der Waals surface area contributed by atoms with Crippen molar-refractivity contribution in [2.45, 2.75) is 71.1 Å². The molecule has 0 saturated heterocycles. The molecule has 4 heteroatoms. The van der Waals surface area contributed by atoms with Crippen LogP contribution >= 0.6 is 0 Å². The molecule has 0 heterocycles. The molecule has 0 saturated carbocycles. The molecule has 0 aromatic heterocycles.